The van der Waals surface area contributed by atoms with Gasteiger partial charge in [-0.25, -0.2) is 4.98 Å². The number of nitrogens with zero attached hydrogens (tertiary/aromatic N) is 1. The molecule has 0 saturated carbocycles. The lowest BCUT2D eigenvalue weighted by molar-refractivity contribution is -0.274. The van der Waals surface area contributed by atoms with E-state index in [4.69, 9.17) is 4.74 Å². The summed E-state index contributed by atoms with van der Waals surface area (Å²) in [4.78, 5) is 4.38. The third-order valence-electron chi connectivity index (χ3n) is 3.64. The molecule has 1 aromatic heterocycles. The number of fused-ring (bicyclic) bond motifs is 1. The van der Waals surface area contributed by atoms with E-state index in [0.29, 0.717) is 11.5 Å². The van der Waals surface area contributed by atoms with Gasteiger partial charge in [-0.05, 0) is 60.3 Å². The molecular weight excluding hydrogens is 333 g/mol. The minimum absolute atomic E-state index is 0.274. The average molecular weight is 348 g/mol. The normalized spacial score (nSPS) is 11.4. The Morgan fingerprint density at radius 3 is 2.28 bits per heavy atom. The summed E-state index contributed by atoms with van der Waals surface area (Å²) in [6, 6.07) is 11.1. The van der Waals surface area contributed by atoms with Gasteiger partial charge in [-0.3, -0.25) is 0 Å². The highest BCUT2D eigenvalue weighted by molar-refractivity contribution is 5.96. The molecule has 0 bridgehead atoms. The number of pyridine rings is 1. The van der Waals surface area contributed by atoms with Gasteiger partial charge in [0.2, 0.25) is 0 Å². The molecular formula is C18H15F3N2O2. The number of anilines is 2. The molecule has 0 aliphatic rings. The Hall–Kier alpha value is -2.96. The summed E-state index contributed by atoms with van der Waals surface area (Å²) in [7, 11) is 1.60. The average Bonchev–Trinajstić information content (AvgIpc) is 2.57. The van der Waals surface area contributed by atoms with Crippen molar-refractivity contribution in [2.45, 2.75) is 13.3 Å². The van der Waals surface area contributed by atoms with E-state index in [1.807, 2.05) is 25.1 Å². The number of hydrogen-bond acceptors (Lipinski definition) is 4. The molecule has 4 nitrogen and oxygen atoms in total. The number of nitrogens with one attached hydrogen (secondary N) is 1. The molecule has 0 atom stereocenters. The van der Waals surface area contributed by atoms with E-state index in [1.54, 1.807) is 13.3 Å². The fraction of sp³-hybridized carbons (Fsp3) is 0.167. The number of benzene rings is 2. The number of alkyl halides is 3. The van der Waals surface area contributed by atoms with Crippen LogP contribution in [0.2, 0.25) is 0 Å². The molecule has 0 aliphatic carbocycles. The second-order valence-corrected chi connectivity index (χ2v) is 5.40. The summed E-state index contributed by atoms with van der Waals surface area (Å²) in [5, 5.41) is 4.98. The first kappa shape index (κ1) is 16.9. The number of rotatable bonds is 4. The van der Waals surface area contributed by atoms with Crippen LogP contribution in [0.1, 0.15) is 5.56 Å². The highest BCUT2D eigenvalue weighted by Gasteiger charge is 2.30. The fourth-order valence-electron chi connectivity index (χ4n) is 2.46. The summed E-state index contributed by atoms with van der Waals surface area (Å²) in [6.45, 7) is 1.95. The van der Waals surface area contributed by atoms with Crippen LogP contribution in [0.5, 0.6) is 11.5 Å². The van der Waals surface area contributed by atoms with Crippen LogP contribution in [0.3, 0.4) is 0 Å². The first-order valence-corrected chi connectivity index (χ1v) is 7.42. The molecule has 7 heteroatoms. The molecule has 0 unspecified atom stereocenters. The van der Waals surface area contributed by atoms with Crippen LogP contribution in [0.25, 0.3) is 10.8 Å². The molecule has 0 aliphatic heterocycles. The smallest absolute Gasteiger partial charge is 0.497 e. The number of hydrogen-bond donors (Lipinski definition) is 1. The third kappa shape index (κ3) is 3.93. The summed E-state index contributed by atoms with van der Waals surface area (Å²) in [5.74, 6) is 1.07. The van der Waals surface area contributed by atoms with Gasteiger partial charge in [-0.1, -0.05) is 0 Å². The number of aromatic nitrogens is 1. The van der Waals surface area contributed by atoms with Crippen molar-refractivity contribution >= 4 is 22.3 Å². The summed E-state index contributed by atoms with van der Waals surface area (Å²) >= 11 is 0. The van der Waals surface area contributed by atoms with Crippen molar-refractivity contribution in [3.8, 4) is 11.5 Å². The molecule has 0 saturated heterocycles. The molecule has 3 rings (SSSR count). The van der Waals surface area contributed by atoms with Crippen LogP contribution in [0, 0.1) is 6.92 Å². The lowest BCUT2D eigenvalue weighted by Gasteiger charge is -2.13. The van der Waals surface area contributed by atoms with Gasteiger partial charge < -0.3 is 14.8 Å². The lowest BCUT2D eigenvalue weighted by Crippen LogP contribution is -2.16. The molecule has 25 heavy (non-hydrogen) atoms. The maximum atomic E-state index is 12.2. The Bertz CT molecular complexity index is 893. The monoisotopic (exact) mass is 348 g/mol. The van der Waals surface area contributed by atoms with Gasteiger partial charge in [-0.15, -0.1) is 13.2 Å². The van der Waals surface area contributed by atoms with Crippen molar-refractivity contribution in [3.63, 3.8) is 0 Å². The second-order valence-electron chi connectivity index (χ2n) is 5.40. The van der Waals surface area contributed by atoms with Gasteiger partial charge >= 0.3 is 6.36 Å². The van der Waals surface area contributed by atoms with Gasteiger partial charge in [0.25, 0.3) is 0 Å². The quantitative estimate of drug-likeness (QED) is 0.704. The highest BCUT2D eigenvalue weighted by atomic mass is 19.4. The Kier molecular flexibility index (Phi) is 4.39. The Balaban J connectivity index is 1.89. The van der Waals surface area contributed by atoms with E-state index in [9.17, 15) is 13.2 Å². The molecule has 2 aromatic carbocycles. The lowest BCUT2D eigenvalue weighted by atomic mass is 10.1. The molecule has 1 N–H and O–H groups in total. The predicted octanol–water partition coefficient (Wildman–Crippen LogP) is 5.19. The number of halogens is 3. The van der Waals surface area contributed by atoms with Crippen LogP contribution in [-0.2, 0) is 0 Å². The molecule has 0 spiro atoms. The van der Waals surface area contributed by atoms with Crippen molar-refractivity contribution in [1.29, 1.82) is 0 Å². The Labute approximate surface area is 142 Å². The second kappa shape index (κ2) is 6.51. The third-order valence-corrected chi connectivity index (χ3v) is 3.64. The van der Waals surface area contributed by atoms with Crippen molar-refractivity contribution in [2.75, 3.05) is 12.4 Å². The topological polar surface area (TPSA) is 43.4 Å². The molecule has 130 valence electrons. The van der Waals surface area contributed by atoms with E-state index in [-0.39, 0.29) is 5.75 Å². The van der Waals surface area contributed by atoms with E-state index < -0.39 is 6.36 Å². The van der Waals surface area contributed by atoms with Crippen molar-refractivity contribution in [2.24, 2.45) is 0 Å². The number of aryl methyl sites for hydroxylation is 1. The molecule has 1 heterocycles. The zero-order chi connectivity index (χ0) is 18.0. The Morgan fingerprint density at radius 1 is 0.960 bits per heavy atom. The van der Waals surface area contributed by atoms with E-state index in [0.717, 1.165) is 22.1 Å². The van der Waals surface area contributed by atoms with Crippen molar-refractivity contribution < 1.29 is 22.6 Å². The van der Waals surface area contributed by atoms with Gasteiger partial charge in [0, 0.05) is 17.3 Å². The van der Waals surface area contributed by atoms with E-state index >= 15 is 0 Å². The molecule has 0 radical (unpaired) electrons. The van der Waals surface area contributed by atoms with Crippen LogP contribution >= 0.6 is 0 Å². The summed E-state index contributed by atoms with van der Waals surface area (Å²) in [5.41, 5.74) is 1.59. The highest BCUT2D eigenvalue weighted by Crippen LogP contribution is 2.30. The van der Waals surface area contributed by atoms with Crippen LogP contribution in [0.4, 0.5) is 24.7 Å². The molecule has 0 amide bonds. The minimum atomic E-state index is -4.71. The van der Waals surface area contributed by atoms with Gasteiger partial charge in [0.05, 0.1) is 7.11 Å². The summed E-state index contributed by atoms with van der Waals surface area (Å²) in [6.07, 6.45) is -2.98. The maximum Gasteiger partial charge on any atom is 0.573 e. The predicted molar refractivity (Wildman–Crippen MR) is 89.4 cm³/mol. The van der Waals surface area contributed by atoms with E-state index in [2.05, 4.69) is 15.0 Å². The van der Waals surface area contributed by atoms with Gasteiger partial charge in [0.1, 0.15) is 17.3 Å². The first-order chi connectivity index (χ1) is 11.9. The molecule has 3 aromatic rings. The first-order valence-electron chi connectivity index (χ1n) is 7.42. The van der Waals surface area contributed by atoms with Crippen molar-refractivity contribution in [1.82, 2.24) is 4.98 Å². The summed E-state index contributed by atoms with van der Waals surface area (Å²) < 4.78 is 45.7. The van der Waals surface area contributed by atoms with Gasteiger partial charge in [0.15, 0.2) is 0 Å². The largest absolute Gasteiger partial charge is 0.573 e. The fourth-order valence-corrected chi connectivity index (χ4v) is 2.46. The molecule has 0 fully saturated rings. The van der Waals surface area contributed by atoms with Crippen LogP contribution in [-0.4, -0.2) is 18.5 Å². The Morgan fingerprint density at radius 2 is 1.64 bits per heavy atom. The van der Waals surface area contributed by atoms with Gasteiger partial charge in [-0.2, -0.15) is 0 Å². The minimum Gasteiger partial charge on any atom is -0.497 e. The zero-order valence-electron chi connectivity index (χ0n) is 13.5. The van der Waals surface area contributed by atoms with Crippen LogP contribution in [0.15, 0.2) is 48.7 Å². The number of ether oxygens (including phenoxy) is 2. The number of methoxy groups -OCH3 is 1. The van der Waals surface area contributed by atoms with E-state index in [1.165, 1.54) is 24.3 Å². The standard InChI is InChI=1S/C18H15F3N2O2/c1-11-10-22-17(15-8-7-14(24-2)9-16(11)15)23-12-3-5-13(6-4-12)25-18(19,20)21/h3-10H,1-2H3,(H,22,23). The van der Waals surface area contributed by atoms with Crippen molar-refractivity contribution in [3.05, 3.63) is 54.2 Å². The van der Waals surface area contributed by atoms with Crippen LogP contribution < -0.4 is 14.8 Å². The SMILES string of the molecule is COc1ccc2c(Nc3ccc(OC(F)(F)F)cc3)ncc(C)c2c1. The maximum absolute atomic E-state index is 12.2. The zero-order valence-corrected chi connectivity index (χ0v) is 13.5.